The van der Waals surface area contributed by atoms with Crippen molar-refractivity contribution in [2.45, 2.75) is 25.7 Å². The first-order valence-corrected chi connectivity index (χ1v) is 6.55. The van der Waals surface area contributed by atoms with Gasteiger partial charge >= 0.3 is 5.97 Å². The fourth-order valence-electron chi connectivity index (χ4n) is 1.99. The van der Waals surface area contributed by atoms with Crippen LogP contribution in [0, 0.1) is 5.92 Å². The Morgan fingerprint density at radius 3 is 2.79 bits per heavy atom. The molecule has 2 N–H and O–H groups in total. The van der Waals surface area contributed by atoms with Gasteiger partial charge in [-0.25, -0.2) is 0 Å². The number of rotatable bonds is 5. The van der Waals surface area contributed by atoms with E-state index < -0.39 is 11.9 Å². The minimum Gasteiger partial charge on any atom is -0.481 e. The highest BCUT2D eigenvalue weighted by atomic mass is 16.5. The zero-order valence-corrected chi connectivity index (χ0v) is 11.0. The number of carbonyl (C=O) groups is 1. The molecule has 2 heterocycles. The Bertz CT molecular complexity index is 416. The van der Waals surface area contributed by atoms with Gasteiger partial charge in [0.25, 0.3) is 0 Å². The van der Waals surface area contributed by atoms with Crippen LogP contribution in [-0.4, -0.2) is 41.0 Å². The Morgan fingerprint density at radius 2 is 2.21 bits per heavy atom. The van der Waals surface area contributed by atoms with E-state index in [2.05, 4.69) is 15.5 Å². The molecule has 104 valence electrons. The molecule has 1 aliphatic rings. The first-order valence-electron chi connectivity index (χ1n) is 6.55. The second-order valence-electron chi connectivity index (χ2n) is 4.85. The summed E-state index contributed by atoms with van der Waals surface area (Å²) in [6.45, 7) is 3.56. The summed E-state index contributed by atoms with van der Waals surface area (Å²) in [4.78, 5) is 10.7. The fraction of sp³-hybridized carbons (Fsp3) is 0.615. The molecule has 1 saturated heterocycles. The summed E-state index contributed by atoms with van der Waals surface area (Å²) >= 11 is 0. The molecular weight excluding hydrogens is 246 g/mol. The van der Waals surface area contributed by atoms with E-state index in [9.17, 15) is 4.79 Å². The SMILES string of the molecule is CC(CNc1ccc(C2CCOCC2)nn1)C(=O)O. The Balaban J connectivity index is 1.89. The third kappa shape index (κ3) is 3.89. The lowest BCUT2D eigenvalue weighted by molar-refractivity contribution is -0.140. The zero-order valence-electron chi connectivity index (χ0n) is 11.0. The molecule has 19 heavy (non-hydrogen) atoms. The van der Waals surface area contributed by atoms with Crippen LogP contribution in [0.4, 0.5) is 5.82 Å². The fourth-order valence-corrected chi connectivity index (χ4v) is 1.99. The van der Waals surface area contributed by atoms with Crippen LogP contribution in [0.5, 0.6) is 0 Å². The van der Waals surface area contributed by atoms with Crippen LogP contribution >= 0.6 is 0 Å². The molecule has 2 rings (SSSR count). The molecule has 0 saturated carbocycles. The number of nitrogens with one attached hydrogen (secondary N) is 1. The van der Waals surface area contributed by atoms with Crippen molar-refractivity contribution in [3.8, 4) is 0 Å². The normalized spacial score (nSPS) is 17.9. The second-order valence-corrected chi connectivity index (χ2v) is 4.85. The maximum absolute atomic E-state index is 10.7. The van der Waals surface area contributed by atoms with Crippen LogP contribution in [-0.2, 0) is 9.53 Å². The maximum Gasteiger partial charge on any atom is 0.308 e. The largest absolute Gasteiger partial charge is 0.481 e. The topological polar surface area (TPSA) is 84.3 Å². The van der Waals surface area contributed by atoms with Crippen LogP contribution in [0.15, 0.2) is 12.1 Å². The lowest BCUT2D eigenvalue weighted by Crippen LogP contribution is -2.20. The number of carboxylic acids is 1. The molecule has 1 unspecified atom stereocenters. The number of aliphatic carboxylic acids is 1. The van der Waals surface area contributed by atoms with Crippen LogP contribution in [0.1, 0.15) is 31.4 Å². The predicted molar refractivity (Wildman–Crippen MR) is 70.1 cm³/mol. The van der Waals surface area contributed by atoms with Crippen molar-refractivity contribution >= 4 is 11.8 Å². The summed E-state index contributed by atoms with van der Waals surface area (Å²) in [5.41, 5.74) is 0.986. The molecule has 0 radical (unpaired) electrons. The number of hydrogen-bond acceptors (Lipinski definition) is 5. The first kappa shape index (κ1) is 13.7. The van der Waals surface area contributed by atoms with E-state index in [0.717, 1.165) is 31.7 Å². The maximum atomic E-state index is 10.7. The number of anilines is 1. The van der Waals surface area contributed by atoms with E-state index in [4.69, 9.17) is 9.84 Å². The first-order chi connectivity index (χ1) is 9.16. The van der Waals surface area contributed by atoms with Crippen LogP contribution in [0.3, 0.4) is 0 Å². The van der Waals surface area contributed by atoms with E-state index in [1.807, 2.05) is 12.1 Å². The molecule has 6 heteroatoms. The Morgan fingerprint density at radius 1 is 1.47 bits per heavy atom. The van der Waals surface area contributed by atoms with Crippen molar-refractivity contribution in [1.82, 2.24) is 10.2 Å². The van der Waals surface area contributed by atoms with Gasteiger partial charge < -0.3 is 15.2 Å². The van der Waals surface area contributed by atoms with Gasteiger partial charge in [0.15, 0.2) is 0 Å². The highest BCUT2D eigenvalue weighted by Crippen LogP contribution is 2.25. The molecule has 1 atom stereocenters. The molecule has 0 amide bonds. The minimum absolute atomic E-state index is 0.348. The minimum atomic E-state index is -0.820. The van der Waals surface area contributed by atoms with Crippen LogP contribution in [0.2, 0.25) is 0 Å². The van der Waals surface area contributed by atoms with Crippen molar-refractivity contribution in [1.29, 1.82) is 0 Å². The highest BCUT2D eigenvalue weighted by Gasteiger charge is 2.17. The monoisotopic (exact) mass is 265 g/mol. The zero-order chi connectivity index (χ0) is 13.7. The lowest BCUT2D eigenvalue weighted by atomic mass is 9.96. The summed E-state index contributed by atoms with van der Waals surface area (Å²) in [6.07, 6.45) is 1.97. The smallest absolute Gasteiger partial charge is 0.308 e. The number of aromatic nitrogens is 2. The lowest BCUT2D eigenvalue weighted by Gasteiger charge is -2.21. The third-order valence-electron chi connectivity index (χ3n) is 3.34. The molecule has 0 bridgehead atoms. The van der Waals surface area contributed by atoms with Gasteiger partial charge in [0.1, 0.15) is 5.82 Å². The third-order valence-corrected chi connectivity index (χ3v) is 3.34. The number of ether oxygens (including phenoxy) is 1. The van der Waals surface area contributed by atoms with Gasteiger partial charge in [0.05, 0.1) is 11.6 Å². The number of carboxylic acid groups (broad SMARTS) is 1. The molecule has 0 aliphatic carbocycles. The molecule has 1 aromatic rings. The highest BCUT2D eigenvalue weighted by molar-refractivity contribution is 5.70. The van der Waals surface area contributed by atoms with E-state index in [-0.39, 0.29) is 0 Å². The van der Waals surface area contributed by atoms with E-state index in [1.165, 1.54) is 0 Å². The number of hydrogen-bond donors (Lipinski definition) is 2. The summed E-state index contributed by atoms with van der Waals surface area (Å²) in [5, 5.41) is 20.1. The summed E-state index contributed by atoms with van der Waals surface area (Å²) < 4.78 is 5.32. The summed E-state index contributed by atoms with van der Waals surface area (Å²) in [5.74, 6) is -0.228. The molecule has 1 aromatic heterocycles. The van der Waals surface area contributed by atoms with E-state index in [0.29, 0.717) is 18.3 Å². The Labute approximate surface area is 112 Å². The molecule has 1 fully saturated rings. The quantitative estimate of drug-likeness (QED) is 0.839. The van der Waals surface area contributed by atoms with Gasteiger partial charge in [-0.05, 0) is 25.0 Å². The van der Waals surface area contributed by atoms with Crippen LogP contribution < -0.4 is 5.32 Å². The van der Waals surface area contributed by atoms with Crippen molar-refractivity contribution in [3.05, 3.63) is 17.8 Å². The molecule has 6 nitrogen and oxygen atoms in total. The number of nitrogens with zero attached hydrogens (tertiary/aromatic N) is 2. The Hall–Kier alpha value is -1.69. The van der Waals surface area contributed by atoms with Gasteiger partial charge in [0, 0.05) is 25.7 Å². The average molecular weight is 265 g/mol. The van der Waals surface area contributed by atoms with Crippen molar-refractivity contribution in [2.24, 2.45) is 5.92 Å². The van der Waals surface area contributed by atoms with Crippen molar-refractivity contribution < 1.29 is 14.6 Å². The molecular formula is C13H19N3O3. The standard InChI is InChI=1S/C13H19N3O3/c1-9(13(17)18)8-14-12-3-2-11(15-16-12)10-4-6-19-7-5-10/h2-3,9-10H,4-8H2,1H3,(H,14,16)(H,17,18). The average Bonchev–Trinajstić information content (AvgIpc) is 2.46. The summed E-state index contributed by atoms with van der Waals surface area (Å²) in [6, 6.07) is 3.81. The molecule has 0 spiro atoms. The van der Waals surface area contributed by atoms with E-state index >= 15 is 0 Å². The van der Waals surface area contributed by atoms with Gasteiger partial charge in [-0.15, -0.1) is 5.10 Å². The van der Waals surface area contributed by atoms with E-state index in [1.54, 1.807) is 6.92 Å². The second kappa shape index (κ2) is 6.47. The van der Waals surface area contributed by atoms with Gasteiger partial charge in [-0.1, -0.05) is 6.92 Å². The van der Waals surface area contributed by atoms with Crippen LogP contribution in [0.25, 0.3) is 0 Å². The molecule has 1 aliphatic heterocycles. The van der Waals surface area contributed by atoms with Gasteiger partial charge in [-0.3, -0.25) is 4.79 Å². The van der Waals surface area contributed by atoms with Gasteiger partial charge in [-0.2, -0.15) is 5.10 Å². The van der Waals surface area contributed by atoms with Gasteiger partial charge in [0.2, 0.25) is 0 Å². The van der Waals surface area contributed by atoms with Crippen molar-refractivity contribution in [3.63, 3.8) is 0 Å². The van der Waals surface area contributed by atoms with Crippen molar-refractivity contribution in [2.75, 3.05) is 25.1 Å². The summed E-state index contributed by atoms with van der Waals surface area (Å²) in [7, 11) is 0. The Kier molecular flexibility index (Phi) is 4.68. The predicted octanol–water partition coefficient (Wildman–Crippen LogP) is 1.50. The molecule has 0 aromatic carbocycles.